The molecule has 5 nitrogen and oxygen atoms in total. The lowest BCUT2D eigenvalue weighted by atomic mass is 10.1. The van der Waals surface area contributed by atoms with E-state index in [1.807, 2.05) is 23.1 Å². The third-order valence-corrected chi connectivity index (χ3v) is 4.06. The standard InChI is InChI=1S/C16H20N2O3/c1-17-5-7-18(8-6-17)16(19)9-12-11-21-15-4-3-13(20-2)10-14(12)15/h3-4,10-11H,5-9H2,1-2H3. The number of ether oxygens (including phenoxy) is 1. The number of hydrogen-bond donors (Lipinski definition) is 0. The minimum atomic E-state index is 0.161. The largest absolute Gasteiger partial charge is 0.497 e. The minimum Gasteiger partial charge on any atom is -0.497 e. The van der Waals surface area contributed by atoms with Crippen molar-refractivity contribution < 1.29 is 13.9 Å². The molecular formula is C16H20N2O3. The average molecular weight is 288 g/mol. The Balaban J connectivity index is 1.76. The predicted molar refractivity (Wildman–Crippen MR) is 80.5 cm³/mol. The summed E-state index contributed by atoms with van der Waals surface area (Å²) in [6.07, 6.45) is 2.06. The summed E-state index contributed by atoms with van der Waals surface area (Å²) in [7, 11) is 3.72. The van der Waals surface area contributed by atoms with Gasteiger partial charge in [-0.05, 0) is 25.2 Å². The van der Waals surface area contributed by atoms with Crippen LogP contribution in [0.25, 0.3) is 11.0 Å². The van der Waals surface area contributed by atoms with E-state index in [0.29, 0.717) is 6.42 Å². The van der Waals surface area contributed by atoms with Gasteiger partial charge in [-0.2, -0.15) is 0 Å². The molecule has 0 atom stereocenters. The molecule has 1 amide bonds. The van der Waals surface area contributed by atoms with Gasteiger partial charge in [0.05, 0.1) is 19.8 Å². The lowest BCUT2D eigenvalue weighted by Crippen LogP contribution is -2.47. The number of likely N-dealkylation sites (N-methyl/N-ethyl adjacent to an activating group) is 1. The smallest absolute Gasteiger partial charge is 0.227 e. The van der Waals surface area contributed by atoms with Gasteiger partial charge in [0.2, 0.25) is 5.91 Å². The Labute approximate surface area is 124 Å². The highest BCUT2D eigenvalue weighted by Crippen LogP contribution is 2.26. The molecular weight excluding hydrogens is 268 g/mol. The summed E-state index contributed by atoms with van der Waals surface area (Å²) in [5, 5.41) is 0.955. The van der Waals surface area contributed by atoms with Crippen LogP contribution >= 0.6 is 0 Å². The van der Waals surface area contributed by atoms with Crippen LogP contribution in [-0.2, 0) is 11.2 Å². The number of benzene rings is 1. The summed E-state index contributed by atoms with van der Waals surface area (Å²) >= 11 is 0. The van der Waals surface area contributed by atoms with Crippen molar-refractivity contribution in [2.45, 2.75) is 6.42 Å². The van der Waals surface area contributed by atoms with Crippen LogP contribution in [-0.4, -0.2) is 56.0 Å². The zero-order valence-electron chi connectivity index (χ0n) is 12.5. The SMILES string of the molecule is COc1ccc2occ(CC(=O)N3CCN(C)CC3)c2c1. The zero-order valence-corrected chi connectivity index (χ0v) is 12.5. The molecule has 2 heterocycles. The first-order chi connectivity index (χ1) is 10.2. The van der Waals surface area contributed by atoms with Crippen molar-refractivity contribution in [2.75, 3.05) is 40.3 Å². The maximum atomic E-state index is 12.4. The van der Waals surface area contributed by atoms with Gasteiger partial charge in [0.15, 0.2) is 0 Å². The Bertz CT molecular complexity index is 642. The van der Waals surface area contributed by atoms with Crippen molar-refractivity contribution in [1.29, 1.82) is 0 Å². The van der Waals surface area contributed by atoms with Crippen molar-refractivity contribution in [3.05, 3.63) is 30.0 Å². The average Bonchev–Trinajstić information content (AvgIpc) is 2.90. The fourth-order valence-corrected chi connectivity index (χ4v) is 2.66. The number of nitrogens with zero attached hydrogens (tertiary/aromatic N) is 2. The van der Waals surface area contributed by atoms with Crippen LogP contribution in [0.2, 0.25) is 0 Å². The highest BCUT2D eigenvalue weighted by Gasteiger charge is 2.20. The number of furan rings is 1. The van der Waals surface area contributed by atoms with Crippen LogP contribution in [0, 0.1) is 0 Å². The van der Waals surface area contributed by atoms with Gasteiger partial charge >= 0.3 is 0 Å². The second kappa shape index (κ2) is 5.77. The topological polar surface area (TPSA) is 45.9 Å². The Hall–Kier alpha value is -2.01. The van der Waals surface area contributed by atoms with Gasteiger partial charge in [0, 0.05) is 37.1 Å². The fourth-order valence-electron chi connectivity index (χ4n) is 2.66. The molecule has 1 fully saturated rings. The van der Waals surface area contributed by atoms with Gasteiger partial charge in [-0.3, -0.25) is 4.79 Å². The summed E-state index contributed by atoms with van der Waals surface area (Å²) in [5.41, 5.74) is 1.71. The lowest BCUT2D eigenvalue weighted by Gasteiger charge is -2.32. The maximum absolute atomic E-state index is 12.4. The summed E-state index contributed by atoms with van der Waals surface area (Å²) in [4.78, 5) is 16.6. The van der Waals surface area contributed by atoms with Gasteiger partial charge in [-0.25, -0.2) is 0 Å². The summed E-state index contributed by atoms with van der Waals surface area (Å²) in [5.74, 6) is 0.936. The molecule has 21 heavy (non-hydrogen) atoms. The molecule has 0 saturated carbocycles. The maximum Gasteiger partial charge on any atom is 0.227 e. The number of rotatable bonds is 3. The first-order valence-electron chi connectivity index (χ1n) is 7.18. The number of carbonyl (C=O) groups is 1. The Morgan fingerprint density at radius 3 is 2.76 bits per heavy atom. The molecule has 0 N–H and O–H groups in total. The molecule has 0 radical (unpaired) electrons. The Morgan fingerprint density at radius 1 is 1.29 bits per heavy atom. The highest BCUT2D eigenvalue weighted by molar-refractivity contribution is 5.88. The van der Waals surface area contributed by atoms with Gasteiger partial charge in [0.1, 0.15) is 11.3 Å². The number of hydrogen-bond acceptors (Lipinski definition) is 4. The van der Waals surface area contributed by atoms with Gasteiger partial charge in [-0.1, -0.05) is 0 Å². The van der Waals surface area contributed by atoms with Crippen molar-refractivity contribution in [1.82, 2.24) is 9.80 Å². The van der Waals surface area contributed by atoms with E-state index in [-0.39, 0.29) is 5.91 Å². The molecule has 1 aliphatic rings. The van der Waals surface area contributed by atoms with Crippen molar-refractivity contribution in [3.63, 3.8) is 0 Å². The first kappa shape index (κ1) is 13.9. The Morgan fingerprint density at radius 2 is 2.05 bits per heavy atom. The molecule has 1 aliphatic heterocycles. The van der Waals surface area contributed by atoms with Gasteiger partial charge in [0.25, 0.3) is 0 Å². The van der Waals surface area contributed by atoms with E-state index in [4.69, 9.17) is 9.15 Å². The fraction of sp³-hybridized carbons (Fsp3) is 0.438. The van der Waals surface area contributed by atoms with Crippen molar-refractivity contribution in [2.24, 2.45) is 0 Å². The second-order valence-electron chi connectivity index (χ2n) is 5.48. The van der Waals surface area contributed by atoms with E-state index in [0.717, 1.165) is 48.5 Å². The van der Waals surface area contributed by atoms with Crippen LogP contribution in [0.1, 0.15) is 5.56 Å². The molecule has 1 saturated heterocycles. The van der Waals surface area contributed by atoms with Crippen LogP contribution in [0.5, 0.6) is 5.75 Å². The summed E-state index contributed by atoms with van der Waals surface area (Å²) in [6.45, 7) is 3.47. The predicted octanol–water partition coefficient (Wildman–Crippen LogP) is 1.76. The quantitative estimate of drug-likeness (QED) is 0.863. The highest BCUT2D eigenvalue weighted by atomic mass is 16.5. The molecule has 0 aliphatic carbocycles. The van der Waals surface area contributed by atoms with Crippen LogP contribution in [0.15, 0.2) is 28.9 Å². The monoisotopic (exact) mass is 288 g/mol. The van der Waals surface area contributed by atoms with E-state index < -0.39 is 0 Å². The minimum absolute atomic E-state index is 0.161. The van der Waals surface area contributed by atoms with Crippen LogP contribution in [0.3, 0.4) is 0 Å². The second-order valence-corrected chi connectivity index (χ2v) is 5.48. The molecule has 112 valence electrons. The number of amides is 1. The molecule has 1 aromatic carbocycles. The molecule has 3 rings (SSSR count). The normalized spacial score (nSPS) is 16.4. The summed E-state index contributed by atoms with van der Waals surface area (Å²) < 4.78 is 10.8. The van der Waals surface area contributed by atoms with E-state index in [1.54, 1.807) is 13.4 Å². The molecule has 2 aromatic rings. The van der Waals surface area contributed by atoms with Crippen molar-refractivity contribution >= 4 is 16.9 Å². The third kappa shape index (κ3) is 2.88. The van der Waals surface area contributed by atoms with E-state index in [9.17, 15) is 4.79 Å². The molecule has 0 unspecified atom stereocenters. The first-order valence-corrected chi connectivity index (χ1v) is 7.18. The van der Waals surface area contributed by atoms with Crippen LogP contribution in [0.4, 0.5) is 0 Å². The molecule has 0 bridgehead atoms. The number of methoxy groups -OCH3 is 1. The molecule has 5 heteroatoms. The van der Waals surface area contributed by atoms with E-state index in [1.165, 1.54) is 0 Å². The number of carbonyl (C=O) groups excluding carboxylic acids is 1. The number of fused-ring (bicyclic) bond motifs is 1. The van der Waals surface area contributed by atoms with Gasteiger partial charge < -0.3 is 19.0 Å². The molecule has 0 spiro atoms. The van der Waals surface area contributed by atoms with E-state index in [2.05, 4.69) is 11.9 Å². The molecule has 1 aromatic heterocycles. The Kier molecular flexibility index (Phi) is 3.84. The van der Waals surface area contributed by atoms with Gasteiger partial charge in [-0.15, -0.1) is 0 Å². The zero-order chi connectivity index (χ0) is 14.8. The number of piperazine rings is 1. The summed E-state index contributed by atoms with van der Waals surface area (Å²) in [6, 6.07) is 5.65. The van der Waals surface area contributed by atoms with Crippen molar-refractivity contribution in [3.8, 4) is 5.75 Å². The van der Waals surface area contributed by atoms with Crippen LogP contribution < -0.4 is 4.74 Å². The third-order valence-electron chi connectivity index (χ3n) is 4.06. The van der Waals surface area contributed by atoms with E-state index >= 15 is 0 Å². The lowest BCUT2D eigenvalue weighted by molar-refractivity contribution is -0.132.